The molecule has 0 aliphatic heterocycles. The topological polar surface area (TPSA) is 21.3 Å². The minimum atomic E-state index is -0.270. The van der Waals surface area contributed by atoms with Crippen molar-refractivity contribution in [2.24, 2.45) is 0 Å². The Balaban J connectivity index is 1.30. The maximum atomic E-state index is 7.11. The highest BCUT2D eigenvalue weighted by atomic mass is 16.3. The highest BCUT2D eigenvalue weighted by Crippen LogP contribution is 2.58. The molecular formula is C53H42N2O. The van der Waals surface area contributed by atoms with Crippen LogP contribution >= 0.6 is 0 Å². The van der Waals surface area contributed by atoms with Gasteiger partial charge in [0.15, 0.2) is 0 Å². The molecule has 0 saturated carbocycles. The molecule has 0 saturated heterocycles. The van der Waals surface area contributed by atoms with E-state index in [-0.39, 0.29) is 10.8 Å². The van der Waals surface area contributed by atoms with Crippen molar-refractivity contribution < 1.29 is 4.42 Å². The van der Waals surface area contributed by atoms with Crippen LogP contribution in [0.5, 0.6) is 0 Å². The second-order valence-corrected chi connectivity index (χ2v) is 16.9. The molecule has 11 rings (SSSR count). The summed E-state index contributed by atoms with van der Waals surface area (Å²) >= 11 is 0. The van der Waals surface area contributed by atoms with Crippen LogP contribution in [0.2, 0.25) is 0 Å². The third kappa shape index (κ3) is 4.58. The maximum absolute atomic E-state index is 7.11. The van der Waals surface area contributed by atoms with Gasteiger partial charge in [0.2, 0.25) is 0 Å². The van der Waals surface area contributed by atoms with Gasteiger partial charge in [-0.2, -0.15) is 0 Å². The molecule has 1 aliphatic rings. The molecule has 2 aromatic heterocycles. The van der Waals surface area contributed by atoms with Gasteiger partial charge in [-0.3, -0.25) is 0 Å². The van der Waals surface area contributed by atoms with E-state index in [1.54, 1.807) is 0 Å². The van der Waals surface area contributed by atoms with Crippen molar-refractivity contribution in [2.75, 3.05) is 4.90 Å². The lowest BCUT2D eigenvalue weighted by atomic mass is 9.81. The van der Waals surface area contributed by atoms with Crippen molar-refractivity contribution in [3.63, 3.8) is 0 Å². The van der Waals surface area contributed by atoms with Crippen molar-refractivity contribution in [1.29, 1.82) is 0 Å². The molecule has 2 heterocycles. The van der Waals surface area contributed by atoms with Gasteiger partial charge in [0.05, 0.1) is 27.8 Å². The van der Waals surface area contributed by atoms with Crippen molar-refractivity contribution in [3.05, 3.63) is 180 Å². The maximum Gasteiger partial charge on any atom is 0.145 e. The summed E-state index contributed by atoms with van der Waals surface area (Å²) in [6.07, 6.45) is 0. The van der Waals surface area contributed by atoms with Gasteiger partial charge in [0, 0.05) is 38.5 Å². The summed E-state index contributed by atoms with van der Waals surface area (Å²) in [7, 11) is 0. The number of hydrogen-bond donors (Lipinski definition) is 0. The largest absolute Gasteiger partial charge is 0.455 e. The molecule has 10 aromatic rings. The second kappa shape index (κ2) is 11.7. The van der Waals surface area contributed by atoms with Crippen molar-refractivity contribution in [1.82, 2.24) is 4.57 Å². The molecule has 56 heavy (non-hydrogen) atoms. The van der Waals surface area contributed by atoms with E-state index in [4.69, 9.17) is 4.42 Å². The third-order valence-corrected chi connectivity index (χ3v) is 12.3. The van der Waals surface area contributed by atoms with Gasteiger partial charge in [-0.25, -0.2) is 0 Å². The Morgan fingerprint density at radius 3 is 2.00 bits per heavy atom. The summed E-state index contributed by atoms with van der Waals surface area (Å²) < 4.78 is 9.52. The van der Waals surface area contributed by atoms with E-state index in [9.17, 15) is 0 Å². The molecule has 3 nitrogen and oxygen atoms in total. The van der Waals surface area contributed by atoms with E-state index in [1.165, 1.54) is 60.4 Å². The van der Waals surface area contributed by atoms with Gasteiger partial charge in [-0.05, 0) is 93.0 Å². The van der Waals surface area contributed by atoms with E-state index < -0.39 is 0 Å². The summed E-state index contributed by atoms with van der Waals surface area (Å²) in [6.45, 7) is 11.6. The third-order valence-electron chi connectivity index (χ3n) is 12.3. The van der Waals surface area contributed by atoms with Crippen LogP contribution in [0.4, 0.5) is 17.1 Å². The lowest BCUT2D eigenvalue weighted by Crippen LogP contribution is -2.17. The first-order valence-corrected chi connectivity index (χ1v) is 19.7. The fraction of sp³-hybridized carbons (Fsp3) is 0.132. The molecule has 0 bridgehead atoms. The van der Waals surface area contributed by atoms with Crippen LogP contribution < -0.4 is 4.90 Å². The number of anilines is 3. The Morgan fingerprint density at radius 1 is 0.536 bits per heavy atom. The van der Waals surface area contributed by atoms with E-state index in [0.29, 0.717) is 0 Å². The molecular weight excluding hydrogens is 681 g/mol. The zero-order chi connectivity index (χ0) is 37.9. The van der Waals surface area contributed by atoms with Crippen LogP contribution in [-0.4, -0.2) is 4.57 Å². The number of fused-ring (bicyclic) bond motifs is 12. The number of benzene rings is 8. The molecule has 1 aliphatic carbocycles. The minimum Gasteiger partial charge on any atom is -0.455 e. The number of furan rings is 1. The number of aromatic nitrogens is 1. The predicted molar refractivity (Wildman–Crippen MR) is 237 cm³/mol. The summed E-state index contributed by atoms with van der Waals surface area (Å²) in [4.78, 5) is 2.51. The fourth-order valence-corrected chi connectivity index (χ4v) is 9.56. The van der Waals surface area contributed by atoms with Crippen molar-refractivity contribution >= 4 is 71.6 Å². The first kappa shape index (κ1) is 32.8. The van der Waals surface area contributed by atoms with Gasteiger partial charge in [-0.1, -0.05) is 144 Å². The SMILES string of the molecule is CC(C)(C)c1ccc(N(c2cc3c(c4oc5ccccc5c24)-c2c(ccc4ccccc24)C3(C)C)c2cccc3c2c2ccccc2n3-c2ccccc2)cc1. The molecule has 270 valence electrons. The van der Waals surface area contributed by atoms with Gasteiger partial charge >= 0.3 is 0 Å². The van der Waals surface area contributed by atoms with Gasteiger partial charge in [-0.15, -0.1) is 0 Å². The Kier molecular flexibility index (Phi) is 6.86. The van der Waals surface area contributed by atoms with Crippen LogP contribution in [-0.2, 0) is 10.8 Å². The lowest BCUT2D eigenvalue weighted by Gasteiger charge is -2.30. The minimum absolute atomic E-state index is 0.0205. The summed E-state index contributed by atoms with van der Waals surface area (Å²) in [6, 6.07) is 60.0. The Hall–Kier alpha value is -6.58. The van der Waals surface area contributed by atoms with E-state index in [1.807, 2.05) is 0 Å². The summed E-state index contributed by atoms with van der Waals surface area (Å²) in [5.74, 6) is 0. The van der Waals surface area contributed by atoms with Gasteiger partial charge < -0.3 is 13.9 Å². The van der Waals surface area contributed by atoms with Gasteiger partial charge in [0.25, 0.3) is 0 Å². The normalized spacial score (nSPS) is 13.6. The first-order valence-electron chi connectivity index (χ1n) is 19.7. The quantitative estimate of drug-likeness (QED) is 0.180. The Bertz CT molecular complexity index is 3190. The van der Waals surface area contributed by atoms with Crippen molar-refractivity contribution in [3.8, 4) is 16.8 Å². The summed E-state index contributed by atoms with van der Waals surface area (Å²) in [5, 5.41) is 7.17. The molecule has 0 fully saturated rings. The van der Waals surface area contributed by atoms with Crippen LogP contribution in [0.15, 0.2) is 168 Å². The fourth-order valence-electron chi connectivity index (χ4n) is 9.56. The average Bonchev–Trinajstić information content (AvgIpc) is 3.84. The number of nitrogens with zero attached hydrogens (tertiary/aromatic N) is 2. The van der Waals surface area contributed by atoms with Crippen molar-refractivity contribution in [2.45, 2.75) is 45.4 Å². The number of hydrogen-bond acceptors (Lipinski definition) is 2. The monoisotopic (exact) mass is 722 g/mol. The van der Waals surface area contributed by atoms with Crippen LogP contribution in [0.25, 0.3) is 71.3 Å². The second-order valence-electron chi connectivity index (χ2n) is 16.9. The number of para-hydroxylation sites is 3. The smallest absolute Gasteiger partial charge is 0.145 e. The van der Waals surface area contributed by atoms with Crippen LogP contribution in [0.1, 0.15) is 51.3 Å². The highest BCUT2D eigenvalue weighted by Gasteiger charge is 2.40. The molecule has 0 amide bonds. The lowest BCUT2D eigenvalue weighted by molar-refractivity contribution is 0.590. The number of rotatable bonds is 4. The first-order chi connectivity index (χ1) is 27.2. The molecule has 0 radical (unpaired) electrons. The zero-order valence-corrected chi connectivity index (χ0v) is 32.4. The molecule has 8 aromatic carbocycles. The average molecular weight is 723 g/mol. The van der Waals surface area contributed by atoms with E-state index >= 15 is 0 Å². The molecule has 3 heteroatoms. The highest BCUT2D eigenvalue weighted by molar-refractivity contribution is 6.23. The Morgan fingerprint density at radius 2 is 1.21 bits per heavy atom. The van der Waals surface area contributed by atoms with Gasteiger partial charge in [0.1, 0.15) is 11.2 Å². The standard InChI is InChI=1S/C53H42N2O/c1-52(2,3)34-27-29-36(30-28-34)55(44-24-15-23-43-48(44)38-20-11-13-22-42(38)54(43)35-17-7-6-8-18-35)45-32-41-50(51-49(45)39-21-12-14-25-46(39)56-51)47-37-19-10-9-16-33(37)26-31-40(47)53(41,4)5/h6-32H,1-5H3. The molecule has 0 unspecified atom stereocenters. The Labute approximate surface area is 327 Å². The van der Waals surface area contributed by atoms with Crippen LogP contribution in [0, 0.1) is 0 Å². The predicted octanol–water partition coefficient (Wildman–Crippen LogP) is 14.9. The molecule has 0 N–H and O–H groups in total. The molecule has 0 atom stereocenters. The zero-order valence-electron chi connectivity index (χ0n) is 32.4. The summed E-state index contributed by atoms with van der Waals surface area (Å²) in [5.41, 5.74) is 14.8. The van der Waals surface area contributed by atoms with E-state index in [2.05, 4.69) is 208 Å². The van der Waals surface area contributed by atoms with Crippen LogP contribution in [0.3, 0.4) is 0 Å². The molecule has 0 spiro atoms. The van der Waals surface area contributed by atoms with E-state index in [0.717, 1.165) is 44.7 Å².